The number of pyridine rings is 1. The lowest BCUT2D eigenvalue weighted by Crippen LogP contribution is -2.13. The highest BCUT2D eigenvalue weighted by atomic mass is 35.5. The van der Waals surface area contributed by atoms with Crippen molar-refractivity contribution in [1.29, 1.82) is 0 Å². The van der Waals surface area contributed by atoms with Gasteiger partial charge in [-0.05, 0) is 18.2 Å². The average Bonchev–Trinajstić information content (AvgIpc) is 2.69. The van der Waals surface area contributed by atoms with Crippen LogP contribution in [-0.4, -0.2) is 10.9 Å². The first-order valence-electron chi connectivity index (χ1n) is 4.18. The molecule has 0 aromatic carbocycles. The fourth-order valence-corrected chi connectivity index (χ4v) is 1.51. The average molecular weight is 223 g/mol. The molecule has 2 aromatic rings. The number of nitrogens with two attached hydrogens (primary N) is 1. The first kappa shape index (κ1) is 9.73. The van der Waals surface area contributed by atoms with Gasteiger partial charge in [-0.2, -0.15) is 0 Å². The molecule has 0 aliphatic heterocycles. The highest BCUT2D eigenvalue weighted by Gasteiger charge is 2.16. The predicted octanol–water partition coefficient (Wildman–Crippen LogP) is 2.09. The molecule has 2 N–H and O–H groups in total. The van der Waals surface area contributed by atoms with Crippen molar-refractivity contribution < 1.29 is 9.21 Å². The number of amides is 1. The van der Waals surface area contributed by atoms with Gasteiger partial charge in [0.15, 0.2) is 5.76 Å². The number of furan rings is 1. The SMILES string of the molecule is NC(=O)c1c(Cl)ccnc1-c1ccco1. The molecule has 0 atom stereocenters. The standard InChI is InChI=1S/C10H7ClN2O2/c11-6-3-4-13-9(8(6)10(12)14)7-2-1-5-15-7/h1-5H,(H2,12,14). The van der Waals surface area contributed by atoms with Crippen LogP contribution < -0.4 is 5.73 Å². The largest absolute Gasteiger partial charge is 0.463 e. The summed E-state index contributed by atoms with van der Waals surface area (Å²) in [7, 11) is 0. The Balaban J connectivity index is 2.66. The maximum absolute atomic E-state index is 11.2. The number of aromatic nitrogens is 1. The zero-order valence-electron chi connectivity index (χ0n) is 7.61. The van der Waals surface area contributed by atoms with Gasteiger partial charge < -0.3 is 10.2 Å². The quantitative estimate of drug-likeness (QED) is 0.846. The normalized spacial score (nSPS) is 10.2. The molecule has 5 heteroatoms. The van der Waals surface area contributed by atoms with Crippen molar-refractivity contribution in [3.8, 4) is 11.5 Å². The van der Waals surface area contributed by atoms with Crippen LogP contribution in [0.25, 0.3) is 11.5 Å². The van der Waals surface area contributed by atoms with Gasteiger partial charge in [0, 0.05) is 6.20 Å². The Morgan fingerprint density at radius 2 is 2.27 bits per heavy atom. The molecule has 0 radical (unpaired) electrons. The molecular weight excluding hydrogens is 216 g/mol. The van der Waals surface area contributed by atoms with Crippen molar-refractivity contribution >= 4 is 17.5 Å². The van der Waals surface area contributed by atoms with Crippen LogP contribution in [0.15, 0.2) is 35.1 Å². The van der Waals surface area contributed by atoms with Gasteiger partial charge in [-0.3, -0.25) is 9.78 Å². The molecule has 2 rings (SSSR count). The van der Waals surface area contributed by atoms with E-state index in [1.54, 1.807) is 12.1 Å². The minimum absolute atomic E-state index is 0.175. The van der Waals surface area contributed by atoms with E-state index in [1.807, 2.05) is 0 Å². The third-order valence-electron chi connectivity index (χ3n) is 1.90. The molecule has 2 aromatic heterocycles. The number of primary amides is 1. The van der Waals surface area contributed by atoms with Crippen LogP contribution in [0, 0.1) is 0 Å². The summed E-state index contributed by atoms with van der Waals surface area (Å²) in [5, 5.41) is 0.268. The molecular formula is C10H7ClN2O2. The van der Waals surface area contributed by atoms with Crippen LogP contribution in [0.3, 0.4) is 0 Å². The molecule has 2 heterocycles. The maximum atomic E-state index is 11.2. The number of carbonyl (C=O) groups excluding carboxylic acids is 1. The highest BCUT2D eigenvalue weighted by molar-refractivity contribution is 6.34. The summed E-state index contributed by atoms with van der Waals surface area (Å²) in [5.74, 6) is -0.161. The molecule has 0 saturated carbocycles. The van der Waals surface area contributed by atoms with Crippen molar-refractivity contribution in [2.45, 2.75) is 0 Å². The lowest BCUT2D eigenvalue weighted by Gasteiger charge is -2.04. The van der Waals surface area contributed by atoms with Crippen molar-refractivity contribution in [2.24, 2.45) is 5.73 Å². The van der Waals surface area contributed by atoms with Gasteiger partial charge in [0.25, 0.3) is 5.91 Å². The van der Waals surface area contributed by atoms with E-state index < -0.39 is 5.91 Å². The van der Waals surface area contributed by atoms with Gasteiger partial charge in [0.2, 0.25) is 0 Å². The molecule has 0 saturated heterocycles. The molecule has 15 heavy (non-hydrogen) atoms. The van der Waals surface area contributed by atoms with Crippen molar-refractivity contribution in [3.63, 3.8) is 0 Å². The van der Waals surface area contributed by atoms with Crippen LogP contribution in [0.5, 0.6) is 0 Å². The molecule has 0 fully saturated rings. The summed E-state index contributed by atoms with van der Waals surface area (Å²) in [6.45, 7) is 0. The number of hydrogen-bond donors (Lipinski definition) is 1. The molecule has 1 amide bonds. The Morgan fingerprint density at radius 1 is 1.47 bits per heavy atom. The Labute approximate surface area is 90.7 Å². The first-order valence-corrected chi connectivity index (χ1v) is 4.56. The highest BCUT2D eigenvalue weighted by Crippen LogP contribution is 2.26. The van der Waals surface area contributed by atoms with Gasteiger partial charge in [-0.15, -0.1) is 0 Å². The number of halogens is 1. The monoisotopic (exact) mass is 222 g/mol. The van der Waals surface area contributed by atoms with E-state index in [9.17, 15) is 4.79 Å². The van der Waals surface area contributed by atoms with Crippen molar-refractivity contribution in [2.75, 3.05) is 0 Å². The van der Waals surface area contributed by atoms with E-state index >= 15 is 0 Å². The van der Waals surface area contributed by atoms with Gasteiger partial charge in [0.05, 0.1) is 16.8 Å². The van der Waals surface area contributed by atoms with Gasteiger partial charge in [-0.25, -0.2) is 0 Å². The summed E-state index contributed by atoms with van der Waals surface area (Å²) in [5.41, 5.74) is 5.75. The van der Waals surface area contributed by atoms with Crippen LogP contribution in [0.1, 0.15) is 10.4 Å². The number of nitrogens with zero attached hydrogens (tertiary/aromatic N) is 1. The zero-order valence-corrected chi connectivity index (χ0v) is 8.36. The molecule has 0 aliphatic carbocycles. The Bertz CT molecular complexity index is 494. The van der Waals surface area contributed by atoms with Gasteiger partial charge in [-0.1, -0.05) is 11.6 Å². The zero-order chi connectivity index (χ0) is 10.8. The van der Waals surface area contributed by atoms with E-state index in [0.29, 0.717) is 11.5 Å². The van der Waals surface area contributed by atoms with E-state index in [-0.39, 0.29) is 10.6 Å². The fraction of sp³-hybridized carbons (Fsp3) is 0. The van der Waals surface area contributed by atoms with Crippen LogP contribution >= 0.6 is 11.6 Å². The van der Waals surface area contributed by atoms with E-state index in [1.165, 1.54) is 18.5 Å². The molecule has 0 spiro atoms. The summed E-state index contributed by atoms with van der Waals surface area (Å²) in [4.78, 5) is 15.2. The third kappa shape index (κ3) is 1.71. The number of carbonyl (C=O) groups is 1. The molecule has 0 bridgehead atoms. The van der Waals surface area contributed by atoms with Crippen LogP contribution in [0.4, 0.5) is 0 Å². The molecule has 0 unspecified atom stereocenters. The van der Waals surface area contributed by atoms with Crippen LogP contribution in [0.2, 0.25) is 5.02 Å². The smallest absolute Gasteiger partial charge is 0.252 e. The summed E-state index contributed by atoms with van der Waals surface area (Å²) in [6.07, 6.45) is 2.98. The molecule has 0 aliphatic rings. The summed E-state index contributed by atoms with van der Waals surface area (Å²) >= 11 is 5.86. The Kier molecular flexibility index (Phi) is 2.43. The summed E-state index contributed by atoms with van der Waals surface area (Å²) < 4.78 is 5.14. The minimum atomic E-state index is -0.625. The second-order valence-corrected chi connectivity index (χ2v) is 3.27. The van der Waals surface area contributed by atoms with E-state index in [4.69, 9.17) is 21.8 Å². The van der Waals surface area contributed by atoms with Crippen molar-refractivity contribution in [1.82, 2.24) is 4.98 Å². The van der Waals surface area contributed by atoms with Crippen LogP contribution in [-0.2, 0) is 0 Å². The van der Waals surface area contributed by atoms with Crippen molar-refractivity contribution in [3.05, 3.63) is 41.2 Å². The third-order valence-corrected chi connectivity index (χ3v) is 2.22. The predicted molar refractivity (Wildman–Crippen MR) is 55.5 cm³/mol. The van der Waals surface area contributed by atoms with E-state index in [2.05, 4.69) is 4.98 Å². The summed E-state index contributed by atoms with van der Waals surface area (Å²) in [6, 6.07) is 4.89. The fourth-order valence-electron chi connectivity index (χ4n) is 1.27. The number of hydrogen-bond acceptors (Lipinski definition) is 3. The molecule has 76 valence electrons. The van der Waals surface area contributed by atoms with Gasteiger partial charge in [0.1, 0.15) is 5.69 Å². The lowest BCUT2D eigenvalue weighted by molar-refractivity contribution is 0.100. The molecule has 4 nitrogen and oxygen atoms in total. The minimum Gasteiger partial charge on any atom is -0.463 e. The van der Waals surface area contributed by atoms with Gasteiger partial charge >= 0.3 is 0 Å². The maximum Gasteiger partial charge on any atom is 0.252 e. The second-order valence-electron chi connectivity index (χ2n) is 2.86. The lowest BCUT2D eigenvalue weighted by atomic mass is 10.1. The topological polar surface area (TPSA) is 69.1 Å². The Morgan fingerprint density at radius 3 is 2.87 bits per heavy atom. The second kappa shape index (κ2) is 3.74. The van der Waals surface area contributed by atoms with E-state index in [0.717, 1.165) is 0 Å². The Hall–Kier alpha value is -1.81. The number of rotatable bonds is 2. The first-order chi connectivity index (χ1) is 7.20.